The largest absolute Gasteiger partial charge is 0.381 e. The molecule has 0 aliphatic heterocycles. The van der Waals surface area contributed by atoms with E-state index in [1.807, 2.05) is 7.05 Å². The predicted molar refractivity (Wildman–Crippen MR) is 56.7 cm³/mol. The van der Waals surface area contributed by atoms with Gasteiger partial charge in [0.2, 0.25) is 0 Å². The molecular weight excluding hydrogens is 209 g/mol. The lowest BCUT2D eigenvalue weighted by molar-refractivity contribution is 0.824. The zero-order valence-electron chi connectivity index (χ0n) is 7.27. The average Bonchev–Trinajstić information content (AvgIpc) is 2.10. The summed E-state index contributed by atoms with van der Waals surface area (Å²) in [7, 11) is 1.89. The highest BCUT2D eigenvalue weighted by atomic mass is 35.5. The molecule has 13 heavy (non-hydrogen) atoms. The molecule has 0 aliphatic carbocycles. The molecule has 0 spiro atoms. The zero-order valence-corrected chi connectivity index (χ0v) is 8.78. The third-order valence-electron chi connectivity index (χ3n) is 1.53. The summed E-state index contributed by atoms with van der Waals surface area (Å²) in [5.74, 6) is 0. The van der Waals surface area contributed by atoms with Crippen molar-refractivity contribution < 1.29 is 0 Å². The third kappa shape index (κ3) is 3.03. The quantitative estimate of drug-likeness (QED) is 0.762. The van der Waals surface area contributed by atoms with Gasteiger partial charge in [-0.25, -0.2) is 0 Å². The first-order valence-corrected chi connectivity index (χ1v) is 4.68. The maximum absolute atomic E-state index is 5.88. The Bertz CT molecular complexity index is 258. The van der Waals surface area contributed by atoms with Gasteiger partial charge in [-0.1, -0.05) is 23.2 Å². The highest BCUT2D eigenvalue weighted by molar-refractivity contribution is 6.38. The van der Waals surface area contributed by atoms with Crippen molar-refractivity contribution in [1.82, 2.24) is 10.3 Å². The number of nitrogens with zero attached hydrogens (tertiary/aromatic N) is 1. The number of pyridine rings is 1. The fraction of sp³-hybridized carbons (Fsp3) is 0.375. The molecule has 3 nitrogen and oxygen atoms in total. The monoisotopic (exact) mass is 219 g/mol. The van der Waals surface area contributed by atoms with Gasteiger partial charge in [-0.15, -0.1) is 0 Å². The molecule has 0 amide bonds. The number of aromatic nitrogens is 1. The Labute approximate surface area is 87.5 Å². The number of halogens is 2. The molecule has 0 radical (unpaired) electrons. The minimum atomic E-state index is 0.545. The number of hydrogen-bond acceptors (Lipinski definition) is 3. The molecule has 0 bridgehead atoms. The standard InChI is InChI=1S/C8H11Cl2N3/c1-11-2-3-13-8-6(9)4-12-5-7(8)10/h4-5,11H,2-3H2,1H3,(H,12,13). The smallest absolute Gasteiger partial charge is 0.0836 e. The normalized spacial score (nSPS) is 10.1. The van der Waals surface area contributed by atoms with Crippen LogP contribution in [0.4, 0.5) is 5.69 Å². The fourth-order valence-corrected chi connectivity index (χ4v) is 1.39. The van der Waals surface area contributed by atoms with Crippen LogP contribution in [0.3, 0.4) is 0 Å². The third-order valence-corrected chi connectivity index (χ3v) is 2.10. The van der Waals surface area contributed by atoms with E-state index in [2.05, 4.69) is 15.6 Å². The van der Waals surface area contributed by atoms with Crippen molar-refractivity contribution in [2.24, 2.45) is 0 Å². The number of rotatable bonds is 4. The van der Waals surface area contributed by atoms with Crippen LogP contribution in [-0.4, -0.2) is 25.1 Å². The Morgan fingerprint density at radius 1 is 1.23 bits per heavy atom. The number of likely N-dealkylation sites (N-methyl/N-ethyl adjacent to an activating group) is 1. The van der Waals surface area contributed by atoms with Gasteiger partial charge in [0.15, 0.2) is 0 Å². The summed E-state index contributed by atoms with van der Waals surface area (Å²) >= 11 is 11.8. The molecule has 0 saturated carbocycles. The van der Waals surface area contributed by atoms with Crippen molar-refractivity contribution in [3.63, 3.8) is 0 Å². The summed E-state index contributed by atoms with van der Waals surface area (Å²) in [5, 5.41) is 7.22. The van der Waals surface area contributed by atoms with Crippen LogP contribution in [-0.2, 0) is 0 Å². The first kappa shape index (κ1) is 10.6. The van der Waals surface area contributed by atoms with Crippen LogP contribution in [0.1, 0.15) is 0 Å². The second-order valence-corrected chi connectivity index (χ2v) is 3.32. The minimum Gasteiger partial charge on any atom is -0.381 e. The SMILES string of the molecule is CNCCNc1c(Cl)cncc1Cl. The van der Waals surface area contributed by atoms with Crippen LogP contribution in [0.2, 0.25) is 10.0 Å². The molecule has 5 heteroatoms. The first-order chi connectivity index (χ1) is 6.25. The molecular formula is C8H11Cl2N3. The second kappa shape index (κ2) is 5.27. The Morgan fingerprint density at radius 3 is 2.38 bits per heavy atom. The molecule has 0 aromatic carbocycles. The van der Waals surface area contributed by atoms with E-state index in [0.717, 1.165) is 18.8 Å². The molecule has 0 aliphatic rings. The fourth-order valence-electron chi connectivity index (χ4n) is 0.893. The van der Waals surface area contributed by atoms with E-state index in [-0.39, 0.29) is 0 Å². The summed E-state index contributed by atoms with van der Waals surface area (Å²) in [6.07, 6.45) is 3.13. The lowest BCUT2D eigenvalue weighted by atomic mass is 10.4. The topological polar surface area (TPSA) is 37.0 Å². The van der Waals surface area contributed by atoms with E-state index in [4.69, 9.17) is 23.2 Å². The second-order valence-electron chi connectivity index (χ2n) is 2.51. The maximum Gasteiger partial charge on any atom is 0.0836 e. The van der Waals surface area contributed by atoms with Crippen LogP contribution in [0, 0.1) is 0 Å². The van der Waals surface area contributed by atoms with Gasteiger partial charge >= 0.3 is 0 Å². The Kier molecular flexibility index (Phi) is 4.28. The van der Waals surface area contributed by atoms with Crippen LogP contribution in [0.15, 0.2) is 12.4 Å². The molecule has 0 fully saturated rings. The summed E-state index contributed by atoms with van der Waals surface area (Å²) in [6, 6.07) is 0. The van der Waals surface area contributed by atoms with Gasteiger partial charge in [-0.3, -0.25) is 4.98 Å². The van der Waals surface area contributed by atoms with E-state index in [9.17, 15) is 0 Å². The van der Waals surface area contributed by atoms with Crippen molar-refractivity contribution >= 4 is 28.9 Å². The summed E-state index contributed by atoms with van der Waals surface area (Å²) < 4.78 is 0. The van der Waals surface area contributed by atoms with Crippen molar-refractivity contribution in [3.8, 4) is 0 Å². The molecule has 0 unspecified atom stereocenters. The van der Waals surface area contributed by atoms with Crippen molar-refractivity contribution in [2.45, 2.75) is 0 Å². The molecule has 1 aromatic heterocycles. The molecule has 1 rings (SSSR count). The molecule has 1 heterocycles. The maximum atomic E-state index is 5.88. The highest BCUT2D eigenvalue weighted by Crippen LogP contribution is 2.27. The van der Waals surface area contributed by atoms with E-state index in [1.54, 1.807) is 12.4 Å². The Balaban J connectivity index is 2.64. The first-order valence-electron chi connectivity index (χ1n) is 3.93. The Morgan fingerprint density at radius 2 is 1.85 bits per heavy atom. The van der Waals surface area contributed by atoms with Crippen LogP contribution >= 0.6 is 23.2 Å². The van der Waals surface area contributed by atoms with Gasteiger partial charge in [0.05, 0.1) is 15.7 Å². The number of anilines is 1. The molecule has 0 atom stereocenters. The molecule has 2 N–H and O–H groups in total. The molecule has 1 aromatic rings. The van der Waals surface area contributed by atoms with Crippen LogP contribution in [0.25, 0.3) is 0 Å². The minimum absolute atomic E-state index is 0.545. The van der Waals surface area contributed by atoms with Gasteiger partial charge in [0.1, 0.15) is 0 Å². The Hall–Kier alpha value is -0.510. The van der Waals surface area contributed by atoms with Crippen LogP contribution in [0.5, 0.6) is 0 Å². The van der Waals surface area contributed by atoms with Crippen molar-refractivity contribution in [2.75, 3.05) is 25.5 Å². The van der Waals surface area contributed by atoms with Gasteiger partial charge in [-0.05, 0) is 7.05 Å². The van der Waals surface area contributed by atoms with Crippen molar-refractivity contribution in [3.05, 3.63) is 22.4 Å². The number of nitrogens with one attached hydrogen (secondary N) is 2. The summed E-state index contributed by atoms with van der Waals surface area (Å²) in [5.41, 5.74) is 0.744. The molecule has 0 saturated heterocycles. The van der Waals surface area contributed by atoms with Gasteiger partial charge in [-0.2, -0.15) is 0 Å². The van der Waals surface area contributed by atoms with E-state index in [1.165, 1.54) is 0 Å². The summed E-state index contributed by atoms with van der Waals surface area (Å²) in [4.78, 5) is 3.85. The predicted octanol–water partition coefficient (Wildman–Crippen LogP) is 2.02. The van der Waals surface area contributed by atoms with E-state index in [0.29, 0.717) is 10.0 Å². The van der Waals surface area contributed by atoms with E-state index < -0.39 is 0 Å². The van der Waals surface area contributed by atoms with Crippen LogP contribution < -0.4 is 10.6 Å². The lowest BCUT2D eigenvalue weighted by Crippen LogP contribution is -2.18. The average molecular weight is 220 g/mol. The van der Waals surface area contributed by atoms with E-state index >= 15 is 0 Å². The summed E-state index contributed by atoms with van der Waals surface area (Å²) in [6.45, 7) is 1.63. The number of hydrogen-bond donors (Lipinski definition) is 2. The van der Waals surface area contributed by atoms with Crippen molar-refractivity contribution in [1.29, 1.82) is 0 Å². The lowest BCUT2D eigenvalue weighted by Gasteiger charge is -2.08. The van der Waals surface area contributed by atoms with Gasteiger partial charge < -0.3 is 10.6 Å². The zero-order chi connectivity index (χ0) is 9.68. The van der Waals surface area contributed by atoms with Gasteiger partial charge in [0, 0.05) is 25.5 Å². The highest BCUT2D eigenvalue weighted by Gasteiger charge is 2.03. The van der Waals surface area contributed by atoms with Gasteiger partial charge in [0.25, 0.3) is 0 Å². The molecule has 72 valence electrons.